The largest absolute Gasteiger partial charge is 0.389 e. The summed E-state index contributed by atoms with van der Waals surface area (Å²) in [7, 11) is 0. The van der Waals surface area contributed by atoms with Crippen LogP contribution in [0, 0.1) is 6.92 Å². The molecule has 0 saturated carbocycles. The second-order valence-electron chi connectivity index (χ2n) is 5.37. The summed E-state index contributed by atoms with van der Waals surface area (Å²) in [5.41, 5.74) is 4.69. The zero-order chi connectivity index (χ0) is 15.0. The number of fused-ring (bicyclic) bond motifs is 1. The lowest BCUT2D eigenvalue weighted by molar-refractivity contribution is 0.199. The maximum atomic E-state index is 9.73. The number of aliphatic hydroxyl groups excluding tert-OH is 1. The van der Waals surface area contributed by atoms with Crippen LogP contribution in [-0.4, -0.2) is 19.6 Å². The summed E-state index contributed by atoms with van der Waals surface area (Å²) in [5, 5.41) is 10.8. The van der Waals surface area contributed by atoms with Crippen molar-refractivity contribution in [2.24, 2.45) is 0 Å². The minimum atomic E-state index is -0.487. The van der Waals surface area contributed by atoms with Crippen LogP contribution in [0.1, 0.15) is 31.1 Å². The topological polar surface area (TPSA) is 50.9 Å². The number of aromatic nitrogens is 3. The van der Waals surface area contributed by atoms with Crippen LogP contribution in [0.25, 0.3) is 22.3 Å². The third-order valence-electron chi connectivity index (χ3n) is 3.78. The summed E-state index contributed by atoms with van der Waals surface area (Å²) in [4.78, 5) is 9.12. The monoisotopic (exact) mass is 281 g/mol. The number of pyridine rings is 1. The van der Waals surface area contributed by atoms with Gasteiger partial charge in [-0.25, -0.2) is 9.97 Å². The average Bonchev–Trinajstić information content (AvgIpc) is 2.95. The second kappa shape index (κ2) is 5.30. The van der Waals surface area contributed by atoms with Crippen molar-refractivity contribution in [3.05, 3.63) is 47.9 Å². The average molecular weight is 281 g/mol. The minimum absolute atomic E-state index is 0.487. The molecule has 0 radical (unpaired) electrons. The van der Waals surface area contributed by atoms with Gasteiger partial charge in [-0.3, -0.25) is 0 Å². The Morgan fingerprint density at radius 2 is 2.05 bits per heavy atom. The molecule has 0 aliphatic rings. The predicted molar refractivity (Wildman–Crippen MR) is 84.0 cm³/mol. The van der Waals surface area contributed by atoms with E-state index in [1.165, 1.54) is 0 Å². The number of benzene rings is 1. The Kier molecular flexibility index (Phi) is 3.47. The molecular weight excluding hydrogens is 262 g/mol. The summed E-state index contributed by atoms with van der Waals surface area (Å²) >= 11 is 0. The maximum absolute atomic E-state index is 9.73. The third-order valence-corrected chi connectivity index (χ3v) is 3.78. The predicted octanol–water partition coefficient (Wildman–Crippen LogP) is 3.48. The van der Waals surface area contributed by atoms with Gasteiger partial charge in [0.1, 0.15) is 5.69 Å². The summed E-state index contributed by atoms with van der Waals surface area (Å²) in [6.45, 7) is 6.82. The standard InChI is InChI=1S/C17H19N3O/c1-4-20-9-17(18-10-20)16-7-11(2)14-6-5-13(12(3)21)8-15(14)19-16/h5-10,12,21H,4H2,1-3H3. The molecule has 4 heteroatoms. The number of rotatable bonds is 3. The highest BCUT2D eigenvalue weighted by atomic mass is 16.3. The molecule has 1 atom stereocenters. The molecule has 0 saturated heterocycles. The van der Waals surface area contributed by atoms with Gasteiger partial charge in [0.25, 0.3) is 0 Å². The molecule has 2 aromatic heterocycles. The van der Waals surface area contributed by atoms with E-state index in [0.29, 0.717) is 0 Å². The van der Waals surface area contributed by atoms with E-state index >= 15 is 0 Å². The summed E-state index contributed by atoms with van der Waals surface area (Å²) < 4.78 is 2.03. The van der Waals surface area contributed by atoms with Crippen LogP contribution in [0.2, 0.25) is 0 Å². The first-order valence-corrected chi connectivity index (χ1v) is 7.20. The molecule has 21 heavy (non-hydrogen) atoms. The Hall–Kier alpha value is -2.20. The van der Waals surface area contributed by atoms with Gasteiger partial charge < -0.3 is 9.67 Å². The number of aliphatic hydroxyl groups is 1. The Morgan fingerprint density at radius 1 is 1.24 bits per heavy atom. The third kappa shape index (κ3) is 2.54. The molecule has 0 fully saturated rings. The van der Waals surface area contributed by atoms with Crippen molar-refractivity contribution in [2.75, 3.05) is 0 Å². The fraction of sp³-hybridized carbons (Fsp3) is 0.294. The molecule has 3 rings (SSSR count). The van der Waals surface area contributed by atoms with Gasteiger partial charge in [-0.2, -0.15) is 0 Å². The summed E-state index contributed by atoms with van der Waals surface area (Å²) in [6.07, 6.45) is 3.34. The molecule has 0 amide bonds. The molecule has 1 aromatic carbocycles. The van der Waals surface area contributed by atoms with Crippen molar-refractivity contribution in [3.63, 3.8) is 0 Å². The molecule has 1 unspecified atom stereocenters. The first-order chi connectivity index (χ1) is 10.1. The van der Waals surface area contributed by atoms with E-state index in [-0.39, 0.29) is 0 Å². The van der Waals surface area contributed by atoms with Crippen molar-refractivity contribution in [2.45, 2.75) is 33.4 Å². The maximum Gasteiger partial charge on any atom is 0.107 e. The highest BCUT2D eigenvalue weighted by Gasteiger charge is 2.09. The lowest BCUT2D eigenvalue weighted by Gasteiger charge is -2.09. The summed E-state index contributed by atoms with van der Waals surface area (Å²) in [6, 6.07) is 7.99. The van der Waals surface area contributed by atoms with Gasteiger partial charge in [-0.1, -0.05) is 12.1 Å². The van der Waals surface area contributed by atoms with Crippen LogP contribution >= 0.6 is 0 Å². The minimum Gasteiger partial charge on any atom is -0.389 e. The van der Waals surface area contributed by atoms with Crippen LogP contribution in [0.4, 0.5) is 0 Å². The highest BCUT2D eigenvalue weighted by molar-refractivity contribution is 5.85. The fourth-order valence-corrected chi connectivity index (χ4v) is 2.48. The van der Waals surface area contributed by atoms with E-state index < -0.39 is 6.10 Å². The van der Waals surface area contributed by atoms with Crippen molar-refractivity contribution in [1.82, 2.24) is 14.5 Å². The molecule has 4 nitrogen and oxygen atoms in total. The fourth-order valence-electron chi connectivity index (χ4n) is 2.48. The van der Waals surface area contributed by atoms with Gasteiger partial charge in [0, 0.05) is 18.1 Å². The quantitative estimate of drug-likeness (QED) is 0.799. The van der Waals surface area contributed by atoms with Crippen molar-refractivity contribution < 1.29 is 5.11 Å². The van der Waals surface area contributed by atoms with Crippen LogP contribution in [0.5, 0.6) is 0 Å². The Morgan fingerprint density at radius 3 is 2.71 bits per heavy atom. The zero-order valence-electron chi connectivity index (χ0n) is 12.5. The number of nitrogens with zero attached hydrogens (tertiary/aromatic N) is 3. The molecular formula is C17H19N3O. The molecule has 1 N–H and O–H groups in total. The first-order valence-electron chi connectivity index (χ1n) is 7.20. The van der Waals surface area contributed by atoms with Crippen LogP contribution in [-0.2, 0) is 6.54 Å². The van der Waals surface area contributed by atoms with Gasteiger partial charge in [-0.15, -0.1) is 0 Å². The van der Waals surface area contributed by atoms with Crippen LogP contribution in [0.3, 0.4) is 0 Å². The molecule has 0 aliphatic heterocycles. The number of hydrogen-bond donors (Lipinski definition) is 1. The van der Waals surface area contributed by atoms with Crippen LogP contribution < -0.4 is 0 Å². The molecule has 0 spiro atoms. The number of aryl methyl sites for hydroxylation is 2. The first kappa shape index (κ1) is 13.8. The molecule has 2 heterocycles. The molecule has 108 valence electrons. The SMILES string of the molecule is CCn1cnc(-c2cc(C)c3ccc(C(C)O)cc3n2)c1. The Labute approximate surface area is 124 Å². The van der Waals surface area contributed by atoms with Gasteiger partial charge >= 0.3 is 0 Å². The van der Waals surface area contributed by atoms with Gasteiger partial charge in [-0.05, 0) is 44.0 Å². The van der Waals surface area contributed by atoms with Gasteiger partial charge in [0.05, 0.1) is 23.6 Å². The normalized spacial score (nSPS) is 12.8. The molecule has 0 bridgehead atoms. The van der Waals surface area contributed by atoms with E-state index in [2.05, 4.69) is 24.9 Å². The highest BCUT2D eigenvalue weighted by Crippen LogP contribution is 2.25. The van der Waals surface area contributed by atoms with Gasteiger partial charge in [0.2, 0.25) is 0 Å². The van der Waals surface area contributed by atoms with Crippen molar-refractivity contribution in [1.29, 1.82) is 0 Å². The van der Waals surface area contributed by atoms with Crippen LogP contribution in [0.15, 0.2) is 36.8 Å². The zero-order valence-corrected chi connectivity index (χ0v) is 12.5. The second-order valence-corrected chi connectivity index (χ2v) is 5.37. The lowest BCUT2D eigenvalue weighted by atomic mass is 10.0. The van der Waals surface area contributed by atoms with E-state index in [4.69, 9.17) is 4.98 Å². The van der Waals surface area contributed by atoms with E-state index in [1.54, 1.807) is 6.92 Å². The van der Waals surface area contributed by atoms with Crippen molar-refractivity contribution in [3.8, 4) is 11.4 Å². The summed E-state index contributed by atoms with van der Waals surface area (Å²) in [5.74, 6) is 0. The Balaban J connectivity index is 2.16. The van der Waals surface area contributed by atoms with E-state index in [0.717, 1.165) is 40.0 Å². The smallest absolute Gasteiger partial charge is 0.107 e. The Bertz CT molecular complexity index is 790. The van der Waals surface area contributed by atoms with E-state index in [1.807, 2.05) is 35.3 Å². The van der Waals surface area contributed by atoms with Gasteiger partial charge in [0.15, 0.2) is 0 Å². The number of imidazole rings is 1. The molecule has 0 aliphatic carbocycles. The molecule has 3 aromatic rings. The lowest BCUT2D eigenvalue weighted by Crippen LogP contribution is -1.94. The number of hydrogen-bond acceptors (Lipinski definition) is 3. The van der Waals surface area contributed by atoms with Crippen molar-refractivity contribution >= 4 is 10.9 Å². The van der Waals surface area contributed by atoms with E-state index in [9.17, 15) is 5.11 Å².